The molecule has 0 saturated heterocycles. The SMILES string of the molecule is C[C@H](NC(=O)[C@@H]1C=C(c2ccc(F)c(F)c2)CCN1)C(=O)N[C@@H]1CCc2nc(N)ccc21. The number of nitrogens with one attached hydrogen (secondary N) is 3. The summed E-state index contributed by atoms with van der Waals surface area (Å²) >= 11 is 0. The monoisotopic (exact) mass is 441 g/mol. The summed E-state index contributed by atoms with van der Waals surface area (Å²) in [5, 5.41) is 8.75. The van der Waals surface area contributed by atoms with Crippen molar-refractivity contribution >= 4 is 23.2 Å². The number of amides is 2. The summed E-state index contributed by atoms with van der Waals surface area (Å²) in [6, 6.07) is 5.66. The Hall–Kier alpha value is -3.33. The highest BCUT2D eigenvalue weighted by Crippen LogP contribution is 2.30. The van der Waals surface area contributed by atoms with Crippen LogP contribution >= 0.6 is 0 Å². The van der Waals surface area contributed by atoms with Gasteiger partial charge in [-0.3, -0.25) is 9.59 Å². The molecule has 32 heavy (non-hydrogen) atoms. The Bertz CT molecular complexity index is 1090. The zero-order valence-electron chi connectivity index (χ0n) is 17.6. The Labute approximate surface area is 184 Å². The van der Waals surface area contributed by atoms with Gasteiger partial charge in [0.15, 0.2) is 11.6 Å². The third-order valence-corrected chi connectivity index (χ3v) is 5.84. The number of hydrogen-bond donors (Lipinski definition) is 4. The smallest absolute Gasteiger partial charge is 0.242 e. The first-order chi connectivity index (χ1) is 15.3. The second-order valence-electron chi connectivity index (χ2n) is 8.10. The van der Waals surface area contributed by atoms with Crippen LogP contribution in [0.4, 0.5) is 14.6 Å². The second-order valence-corrected chi connectivity index (χ2v) is 8.10. The number of nitrogens with zero attached hydrogens (tertiary/aromatic N) is 1. The lowest BCUT2D eigenvalue weighted by molar-refractivity contribution is -0.129. The van der Waals surface area contributed by atoms with E-state index in [1.807, 2.05) is 6.07 Å². The van der Waals surface area contributed by atoms with E-state index in [0.717, 1.165) is 41.8 Å². The summed E-state index contributed by atoms with van der Waals surface area (Å²) < 4.78 is 26.8. The highest BCUT2D eigenvalue weighted by Gasteiger charge is 2.29. The molecule has 5 N–H and O–H groups in total. The number of nitrogen functional groups attached to an aromatic ring is 1. The van der Waals surface area contributed by atoms with Crippen LogP contribution in [0.3, 0.4) is 0 Å². The normalized spacial score (nSPS) is 20.8. The molecule has 1 aromatic heterocycles. The van der Waals surface area contributed by atoms with Gasteiger partial charge in [0.25, 0.3) is 0 Å². The number of anilines is 1. The molecule has 2 aromatic rings. The van der Waals surface area contributed by atoms with Crippen molar-refractivity contribution in [2.75, 3.05) is 12.3 Å². The number of fused-ring (bicyclic) bond motifs is 1. The molecule has 2 aliphatic rings. The number of aryl methyl sites for hydroxylation is 1. The number of carbonyl (C=O) groups is 2. The molecule has 9 heteroatoms. The quantitative estimate of drug-likeness (QED) is 0.568. The zero-order valence-corrected chi connectivity index (χ0v) is 17.6. The van der Waals surface area contributed by atoms with Crippen LogP contribution in [0.15, 0.2) is 36.4 Å². The van der Waals surface area contributed by atoms with E-state index in [-0.39, 0.29) is 17.9 Å². The maximum atomic E-state index is 13.6. The average molecular weight is 441 g/mol. The fraction of sp³-hybridized carbons (Fsp3) is 0.348. The van der Waals surface area contributed by atoms with E-state index >= 15 is 0 Å². The molecule has 4 rings (SSSR count). The predicted octanol–water partition coefficient (Wildman–Crippen LogP) is 2.00. The maximum absolute atomic E-state index is 13.6. The van der Waals surface area contributed by atoms with E-state index in [1.165, 1.54) is 6.07 Å². The first kappa shape index (κ1) is 21.9. The van der Waals surface area contributed by atoms with E-state index in [0.29, 0.717) is 24.3 Å². The molecule has 0 saturated carbocycles. The minimum atomic E-state index is -0.931. The van der Waals surface area contributed by atoms with Crippen LogP contribution in [0.2, 0.25) is 0 Å². The summed E-state index contributed by atoms with van der Waals surface area (Å²) in [6.45, 7) is 2.12. The van der Waals surface area contributed by atoms with E-state index in [1.54, 1.807) is 19.1 Å². The van der Waals surface area contributed by atoms with Gasteiger partial charge in [-0.05, 0) is 61.1 Å². The van der Waals surface area contributed by atoms with Crippen molar-refractivity contribution in [3.8, 4) is 0 Å². The van der Waals surface area contributed by atoms with Gasteiger partial charge in [0.05, 0.1) is 6.04 Å². The van der Waals surface area contributed by atoms with Gasteiger partial charge in [-0.25, -0.2) is 13.8 Å². The molecule has 0 bridgehead atoms. The van der Waals surface area contributed by atoms with E-state index in [4.69, 9.17) is 5.73 Å². The zero-order chi connectivity index (χ0) is 22.8. The molecule has 0 radical (unpaired) electrons. The van der Waals surface area contributed by atoms with E-state index in [2.05, 4.69) is 20.9 Å². The lowest BCUT2D eigenvalue weighted by Crippen LogP contribution is -2.52. The fourth-order valence-electron chi connectivity index (χ4n) is 4.11. The summed E-state index contributed by atoms with van der Waals surface area (Å²) in [7, 11) is 0. The lowest BCUT2D eigenvalue weighted by atomic mass is 9.96. The molecule has 1 aromatic carbocycles. The number of benzene rings is 1. The molecule has 7 nitrogen and oxygen atoms in total. The molecule has 1 aliphatic carbocycles. The lowest BCUT2D eigenvalue weighted by Gasteiger charge is -2.25. The standard InChI is InChI=1S/C23H25F2N5O2/c1-12(22(31)30-19-6-5-18-15(19)3-7-21(26)29-18)28-23(32)20-11-14(8-9-27-20)13-2-4-16(24)17(25)10-13/h2-4,7,10-12,19-20,27H,5-6,8-9H2,1H3,(H2,26,29)(H,28,32)(H,30,31)/t12-,19+,20-/m0/s1. The molecular formula is C23H25F2N5O2. The molecular weight excluding hydrogens is 416 g/mol. The first-order valence-corrected chi connectivity index (χ1v) is 10.6. The Kier molecular flexibility index (Phi) is 6.18. The van der Waals surface area contributed by atoms with Crippen molar-refractivity contribution in [3.05, 3.63) is 64.9 Å². The Balaban J connectivity index is 1.38. The van der Waals surface area contributed by atoms with Crippen LogP contribution in [0.25, 0.3) is 5.57 Å². The number of nitrogens with two attached hydrogens (primary N) is 1. The summed E-state index contributed by atoms with van der Waals surface area (Å²) in [4.78, 5) is 29.7. The highest BCUT2D eigenvalue weighted by molar-refractivity contribution is 5.92. The molecule has 0 fully saturated rings. The molecule has 2 heterocycles. The number of rotatable bonds is 5. The number of carbonyl (C=O) groups excluding carboxylic acids is 2. The Morgan fingerprint density at radius 2 is 2.00 bits per heavy atom. The van der Waals surface area contributed by atoms with Crippen LogP contribution in [0.1, 0.15) is 42.6 Å². The minimum Gasteiger partial charge on any atom is -0.384 e. The Morgan fingerprint density at radius 1 is 1.19 bits per heavy atom. The summed E-state index contributed by atoms with van der Waals surface area (Å²) in [5.41, 5.74) is 8.82. The van der Waals surface area contributed by atoms with Crippen LogP contribution in [0.5, 0.6) is 0 Å². The van der Waals surface area contributed by atoms with Crippen molar-refractivity contribution in [2.45, 2.75) is 44.3 Å². The number of pyridine rings is 1. The predicted molar refractivity (Wildman–Crippen MR) is 116 cm³/mol. The largest absolute Gasteiger partial charge is 0.384 e. The van der Waals surface area contributed by atoms with E-state index < -0.39 is 23.7 Å². The second kappa shape index (κ2) is 9.04. The van der Waals surface area contributed by atoms with Crippen LogP contribution < -0.4 is 21.7 Å². The van der Waals surface area contributed by atoms with Crippen LogP contribution in [-0.4, -0.2) is 35.4 Å². The van der Waals surface area contributed by atoms with Gasteiger partial charge in [-0.2, -0.15) is 0 Å². The molecule has 2 amide bonds. The maximum Gasteiger partial charge on any atom is 0.242 e. The van der Waals surface area contributed by atoms with Crippen LogP contribution in [0, 0.1) is 11.6 Å². The Morgan fingerprint density at radius 3 is 2.78 bits per heavy atom. The third kappa shape index (κ3) is 4.62. The number of halogens is 2. The molecule has 168 valence electrons. The number of hydrogen-bond acceptors (Lipinski definition) is 5. The highest BCUT2D eigenvalue weighted by atomic mass is 19.2. The molecule has 3 atom stereocenters. The van der Waals surface area contributed by atoms with Gasteiger partial charge in [0.2, 0.25) is 11.8 Å². The molecule has 0 unspecified atom stereocenters. The molecule has 0 spiro atoms. The first-order valence-electron chi connectivity index (χ1n) is 10.6. The van der Waals surface area contributed by atoms with Gasteiger partial charge in [-0.15, -0.1) is 0 Å². The van der Waals surface area contributed by atoms with Crippen molar-refractivity contribution in [1.29, 1.82) is 0 Å². The van der Waals surface area contributed by atoms with Crippen molar-refractivity contribution in [2.24, 2.45) is 0 Å². The molecule has 1 aliphatic heterocycles. The summed E-state index contributed by atoms with van der Waals surface area (Å²) in [5.74, 6) is -2.06. The topological polar surface area (TPSA) is 109 Å². The summed E-state index contributed by atoms with van der Waals surface area (Å²) in [6.07, 6.45) is 3.71. The van der Waals surface area contributed by atoms with Crippen molar-refractivity contribution < 1.29 is 18.4 Å². The van der Waals surface area contributed by atoms with Crippen molar-refractivity contribution in [3.63, 3.8) is 0 Å². The average Bonchev–Trinajstić information content (AvgIpc) is 3.17. The fourth-order valence-corrected chi connectivity index (χ4v) is 4.11. The third-order valence-electron chi connectivity index (χ3n) is 5.84. The van der Waals surface area contributed by atoms with Crippen LogP contribution in [-0.2, 0) is 16.0 Å². The van der Waals surface area contributed by atoms with Gasteiger partial charge in [0.1, 0.15) is 17.9 Å². The number of aromatic nitrogens is 1. The van der Waals surface area contributed by atoms with Gasteiger partial charge in [0, 0.05) is 12.2 Å². The van der Waals surface area contributed by atoms with Crippen molar-refractivity contribution in [1.82, 2.24) is 20.9 Å². The minimum absolute atomic E-state index is 0.169. The van der Waals surface area contributed by atoms with E-state index in [9.17, 15) is 18.4 Å². The van der Waals surface area contributed by atoms with Gasteiger partial charge in [-0.1, -0.05) is 18.2 Å². The van der Waals surface area contributed by atoms with Gasteiger partial charge >= 0.3 is 0 Å². The van der Waals surface area contributed by atoms with Gasteiger partial charge < -0.3 is 21.7 Å².